The van der Waals surface area contributed by atoms with Gasteiger partial charge < -0.3 is 9.47 Å². The number of nitro groups is 1. The van der Waals surface area contributed by atoms with E-state index in [0.717, 1.165) is 33.9 Å². The first kappa shape index (κ1) is 19.4. The molecule has 2 heterocycles. The Labute approximate surface area is 183 Å². The van der Waals surface area contributed by atoms with Crippen LogP contribution in [0, 0.1) is 10.1 Å². The number of hydrogen-bond donors (Lipinski definition) is 0. The number of hydrazone groups is 1. The van der Waals surface area contributed by atoms with Crippen molar-refractivity contribution in [2.45, 2.75) is 18.7 Å². The summed E-state index contributed by atoms with van der Waals surface area (Å²) in [5, 5.41) is 18.5. The molecule has 7 nitrogen and oxygen atoms in total. The molecule has 0 spiro atoms. The van der Waals surface area contributed by atoms with E-state index in [1.54, 1.807) is 25.3 Å². The summed E-state index contributed by atoms with van der Waals surface area (Å²) in [7, 11) is 1.63. The van der Waals surface area contributed by atoms with Gasteiger partial charge in [0.1, 0.15) is 11.5 Å². The molecule has 0 aliphatic carbocycles. The summed E-state index contributed by atoms with van der Waals surface area (Å²) in [5.74, 6) is 1.52. The zero-order chi connectivity index (χ0) is 21.5. The average molecular weight is 436 g/mol. The molecular weight excluding hydrogens is 418 g/mol. The zero-order valence-electron chi connectivity index (χ0n) is 16.6. The molecule has 156 valence electrons. The van der Waals surface area contributed by atoms with Gasteiger partial charge in [0.05, 0.1) is 23.8 Å². The average Bonchev–Trinajstić information content (AvgIpc) is 3.24. The maximum Gasteiger partial charge on any atom is 0.269 e. The fourth-order valence-electron chi connectivity index (χ4n) is 4.00. The van der Waals surface area contributed by atoms with Crippen LogP contribution in [0.1, 0.15) is 35.4 Å². The summed E-state index contributed by atoms with van der Waals surface area (Å²) < 4.78 is 11.5. The lowest BCUT2D eigenvalue weighted by atomic mass is 9.96. The van der Waals surface area contributed by atoms with Crippen LogP contribution in [0.3, 0.4) is 0 Å². The molecule has 2 aliphatic heterocycles. The summed E-state index contributed by atoms with van der Waals surface area (Å²) in [6, 6.07) is 19.7. The summed E-state index contributed by atoms with van der Waals surface area (Å²) in [4.78, 5) is 10.6. The van der Waals surface area contributed by atoms with Gasteiger partial charge in [-0.15, -0.1) is 0 Å². The molecule has 8 heteroatoms. The van der Waals surface area contributed by atoms with Crippen molar-refractivity contribution in [2.24, 2.45) is 5.10 Å². The molecule has 0 amide bonds. The SMILES string of the molecule is COc1ccc(C2=NN3C(C2)c2cc(Cl)ccc2OC3c2ccc([N+](=O)[O-])cc2)cc1. The standard InChI is InChI=1S/C23H18ClN3O4/c1-30-18-9-4-14(5-10-18)20-13-21-19-12-16(24)6-11-22(19)31-23(26(21)25-20)15-2-7-17(8-3-15)27(28)29/h2-12,21,23H,13H2,1H3. The minimum atomic E-state index is -0.504. The number of benzene rings is 3. The summed E-state index contributed by atoms with van der Waals surface area (Å²) >= 11 is 6.27. The van der Waals surface area contributed by atoms with Crippen LogP contribution in [-0.2, 0) is 0 Å². The van der Waals surface area contributed by atoms with E-state index in [2.05, 4.69) is 0 Å². The van der Waals surface area contributed by atoms with E-state index in [1.165, 1.54) is 12.1 Å². The maximum atomic E-state index is 11.0. The van der Waals surface area contributed by atoms with E-state index < -0.39 is 11.2 Å². The highest BCUT2D eigenvalue weighted by Gasteiger charge is 2.41. The second kappa shape index (κ2) is 7.59. The highest BCUT2D eigenvalue weighted by molar-refractivity contribution is 6.30. The molecule has 0 saturated heterocycles. The van der Waals surface area contributed by atoms with Crippen LogP contribution < -0.4 is 9.47 Å². The van der Waals surface area contributed by atoms with Crippen LogP contribution in [-0.4, -0.2) is 22.8 Å². The molecule has 0 bridgehead atoms. The monoisotopic (exact) mass is 435 g/mol. The van der Waals surface area contributed by atoms with E-state index in [9.17, 15) is 10.1 Å². The van der Waals surface area contributed by atoms with Crippen molar-refractivity contribution < 1.29 is 14.4 Å². The molecular formula is C23H18ClN3O4. The predicted molar refractivity (Wildman–Crippen MR) is 117 cm³/mol. The van der Waals surface area contributed by atoms with E-state index >= 15 is 0 Å². The van der Waals surface area contributed by atoms with Crippen molar-refractivity contribution in [3.05, 3.63) is 98.6 Å². The van der Waals surface area contributed by atoms with Gasteiger partial charge in [-0.2, -0.15) is 5.10 Å². The highest BCUT2D eigenvalue weighted by atomic mass is 35.5. The van der Waals surface area contributed by atoms with E-state index in [4.69, 9.17) is 26.2 Å². The third-order valence-electron chi connectivity index (χ3n) is 5.56. The van der Waals surface area contributed by atoms with Crippen LogP contribution in [0.4, 0.5) is 5.69 Å². The molecule has 0 N–H and O–H groups in total. The number of nitro benzene ring substituents is 1. The highest BCUT2D eigenvalue weighted by Crippen LogP contribution is 2.48. The fraction of sp³-hybridized carbons (Fsp3) is 0.174. The molecule has 5 rings (SSSR count). The quantitative estimate of drug-likeness (QED) is 0.399. The number of fused-ring (bicyclic) bond motifs is 3. The maximum absolute atomic E-state index is 11.0. The van der Waals surface area contributed by atoms with Crippen LogP contribution in [0.5, 0.6) is 11.5 Å². The third kappa shape index (κ3) is 3.47. The summed E-state index contributed by atoms with van der Waals surface area (Å²) in [6.07, 6.45) is 0.183. The molecule has 2 aliphatic rings. The summed E-state index contributed by atoms with van der Waals surface area (Å²) in [6.45, 7) is 0. The van der Waals surface area contributed by atoms with Gasteiger partial charge >= 0.3 is 0 Å². The molecule has 0 fully saturated rings. The largest absolute Gasteiger partial charge is 0.497 e. The normalized spacial score (nSPS) is 19.2. The van der Waals surface area contributed by atoms with Crippen molar-refractivity contribution in [2.75, 3.05) is 7.11 Å². The predicted octanol–water partition coefficient (Wildman–Crippen LogP) is 5.50. The first-order valence-corrected chi connectivity index (χ1v) is 10.1. The first-order chi connectivity index (χ1) is 15.0. The second-order valence-electron chi connectivity index (χ2n) is 7.38. The van der Waals surface area contributed by atoms with Crippen LogP contribution in [0.25, 0.3) is 0 Å². The number of non-ortho nitro benzene ring substituents is 1. The van der Waals surface area contributed by atoms with Gasteiger partial charge in [0.15, 0.2) is 0 Å². The van der Waals surface area contributed by atoms with Gasteiger partial charge in [0.2, 0.25) is 6.23 Å². The molecule has 31 heavy (non-hydrogen) atoms. The van der Waals surface area contributed by atoms with E-state index in [0.29, 0.717) is 11.4 Å². The smallest absolute Gasteiger partial charge is 0.269 e. The number of hydrogen-bond acceptors (Lipinski definition) is 6. The Bertz CT molecular complexity index is 1180. The van der Waals surface area contributed by atoms with Crippen molar-refractivity contribution in [3.63, 3.8) is 0 Å². The molecule has 3 aromatic carbocycles. The summed E-state index contributed by atoms with van der Waals surface area (Å²) in [5.41, 5.74) is 3.72. The number of methoxy groups -OCH3 is 1. The number of halogens is 1. The zero-order valence-corrected chi connectivity index (χ0v) is 17.3. The Hall–Kier alpha value is -3.58. The van der Waals surface area contributed by atoms with Gasteiger partial charge in [-0.1, -0.05) is 11.6 Å². The molecule has 2 atom stereocenters. The number of rotatable bonds is 4. The second-order valence-corrected chi connectivity index (χ2v) is 7.81. The van der Waals surface area contributed by atoms with Crippen LogP contribution in [0.15, 0.2) is 71.8 Å². The Morgan fingerprint density at radius 1 is 1.13 bits per heavy atom. The van der Waals surface area contributed by atoms with Gasteiger partial charge in [-0.3, -0.25) is 10.1 Å². The van der Waals surface area contributed by atoms with Gasteiger partial charge in [-0.05, 0) is 60.2 Å². The lowest BCUT2D eigenvalue weighted by molar-refractivity contribution is -0.384. The fourth-order valence-corrected chi connectivity index (χ4v) is 4.18. The molecule has 0 saturated carbocycles. The molecule has 0 aromatic heterocycles. The van der Waals surface area contributed by atoms with Crippen molar-refractivity contribution in [1.82, 2.24) is 5.01 Å². The molecule has 3 aromatic rings. The Morgan fingerprint density at radius 2 is 1.87 bits per heavy atom. The molecule has 2 unspecified atom stereocenters. The minimum Gasteiger partial charge on any atom is -0.497 e. The first-order valence-electron chi connectivity index (χ1n) is 9.74. The van der Waals surface area contributed by atoms with E-state index in [-0.39, 0.29) is 11.7 Å². The number of nitrogens with zero attached hydrogens (tertiary/aromatic N) is 3. The Morgan fingerprint density at radius 3 is 2.55 bits per heavy atom. The van der Waals surface area contributed by atoms with Crippen molar-refractivity contribution in [3.8, 4) is 11.5 Å². The minimum absolute atomic E-state index is 0.0344. The topological polar surface area (TPSA) is 77.2 Å². The van der Waals surface area contributed by atoms with Gasteiger partial charge in [0, 0.05) is 34.7 Å². The van der Waals surface area contributed by atoms with Crippen molar-refractivity contribution >= 4 is 23.0 Å². The molecule has 0 radical (unpaired) electrons. The van der Waals surface area contributed by atoms with Crippen molar-refractivity contribution in [1.29, 1.82) is 0 Å². The van der Waals surface area contributed by atoms with Gasteiger partial charge in [0.25, 0.3) is 5.69 Å². The van der Waals surface area contributed by atoms with Crippen LogP contribution in [0.2, 0.25) is 5.02 Å². The van der Waals surface area contributed by atoms with E-state index in [1.807, 2.05) is 41.4 Å². The third-order valence-corrected chi connectivity index (χ3v) is 5.80. The lowest BCUT2D eigenvalue weighted by Gasteiger charge is -2.38. The number of ether oxygens (including phenoxy) is 2. The lowest BCUT2D eigenvalue weighted by Crippen LogP contribution is -2.33. The Balaban J connectivity index is 1.55. The Kier molecular flexibility index (Phi) is 4.75. The van der Waals surface area contributed by atoms with Gasteiger partial charge in [-0.25, -0.2) is 5.01 Å². The van der Waals surface area contributed by atoms with Crippen LogP contribution >= 0.6 is 11.6 Å².